The molecule has 0 bridgehead atoms. The van der Waals surface area contributed by atoms with Gasteiger partial charge in [0.25, 0.3) is 5.56 Å². The van der Waals surface area contributed by atoms with E-state index in [2.05, 4.69) is 21.3 Å². The van der Waals surface area contributed by atoms with Crippen molar-refractivity contribution in [2.24, 2.45) is 11.7 Å². The van der Waals surface area contributed by atoms with Gasteiger partial charge in [-0.2, -0.15) is 0 Å². The van der Waals surface area contributed by atoms with Gasteiger partial charge < -0.3 is 36.7 Å². The summed E-state index contributed by atoms with van der Waals surface area (Å²) < 4.78 is 1.15. The van der Waals surface area contributed by atoms with Crippen molar-refractivity contribution in [3.05, 3.63) is 40.8 Å². The van der Waals surface area contributed by atoms with E-state index in [1.165, 1.54) is 24.4 Å². The summed E-state index contributed by atoms with van der Waals surface area (Å²) in [7, 11) is 0. The standard InChI is InChI=1S/C23H34N6O7/c1-15(2)9-11-25-19(31)14-29-13-5-7-17(22(29)35)28-21(34)16(6-3-4-8-20(32)33)27-18(30)10-12-26-23(24)36/h4-5,7-8,13,15-16H,3,6,9-12,14H2,1-2H3,(H,25,31)(H,27,30)(H,28,34)(H,32,33)(H3,24,26,36). The number of allylic oxidation sites excluding steroid dienone is 1. The van der Waals surface area contributed by atoms with Gasteiger partial charge in [0.15, 0.2) is 0 Å². The highest BCUT2D eigenvalue weighted by atomic mass is 16.4. The van der Waals surface area contributed by atoms with Gasteiger partial charge in [-0.3, -0.25) is 19.2 Å². The summed E-state index contributed by atoms with van der Waals surface area (Å²) in [6.07, 6.45) is 4.50. The Bertz CT molecular complexity index is 1020. The molecule has 198 valence electrons. The molecule has 0 aromatic carbocycles. The molecule has 0 aliphatic rings. The van der Waals surface area contributed by atoms with Crippen LogP contribution in [0.5, 0.6) is 0 Å². The molecule has 0 aliphatic carbocycles. The number of aromatic nitrogens is 1. The number of carbonyl (C=O) groups is 5. The van der Waals surface area contributed by atoms with Gasteiger partial charge in [0, 0.05) is 31.8 Å². The van der Waals surface area contributed by atoms with Crippen LogP contribution in [-0.4, -0.2) is 58.5 Å². The average Bonchev–Trinajstić information content (AvgIpc) is 2.77. The van der Waals surface area contributed by atoms with Gasteiger partial charge in [0.2, 0.25) is 17.7 Å². The topological polar surface area (TPSA) is 202 Å². The third-order valence-electron chi connectivity index (χ3n) is 4.82. The van der Waals surface area contributed by atoms with Crippen LogP contribution in [0, 0.1) is 5.92 Å². The highest BCUT2D eigenvalue weighted by Gasteiger charge is 2.21. The number of nitrogens with two attached hydrogens (primary N) is 1. The number of nitrogens with one attached hydrogen (secondary N) is 4. The second-order valence-electron chi connectivity index (χ2n) is 8.36. The molecule has 7 N–H and O–H groups in total. The van der Waals surface area contributed by atoms with Crippen molar-refractivity contribution in [2.45, 2.75) is 52.1 Å². The van der Waals surface area contributed by atoms with E-state index >= 15 is 0 Å². The Balaban J connectivity index is 2.88. The summed E-state index contributed by atoms with van der Waals surface area (Å²) in [5.41, 5.74) is 4.26. The zero-order chi connectivity index (χ0) is 27.1. The molecule has 1 atom stereocenters. The quantitative estimate of drug-likeness (QED) is 0.178. The Kier molecular flexibility index (Phi) is 13.0. The molecule has 0 aliphatic heterocycles. The van der Waals surface area contributed by atoms with Crippen molar-refractivity contribution >= 4 is 35.4 Å². The zero-order valence-electron chi connectivity index (χ0n) is 20.4. The summed E-state index contributed by atoms with van der Waals surface area (Å²) in [5.74, 6) is -2.35. The lowest BCUT2D eigenvalue weighted by Crippen LogP contribution is -2.45. The third kappa shape index (κ3) is 12.3. The Morgan fingerprint density at radius 3 is 2.44 bits per heavy atom. The number of urea groups is 1. The van der Waals surface area contributed by atoms with Gasteiger partial charge >= 0.3 is 12.0 Å². The minimum absolute atomic E-state index is 0.0446. The van der Waals surface area contributed by atoms with Crippen molar-refractivity contribution < 1.29 is 29.1 Å². The number of carbonyl (C=O) groups excluding carboxylic acids is 4. The number of rotatable bonds is 15. The average molecular weight is 507 g/mol. The Hall–Kier alpha value is -4.16. The third-order valence-corrected chi connectivity index (χ3v) is 4.82. The first-order valence-corrected chi connectivity index (χ1v) is 11.5. The van der Waals surface area contributed by atoms with Crippen molar-refractivity contribution in [3.63, 3.8) is 0 Å². The number of aliphatic carboxylic acids is 1. The maximum Gasteiger partial charge on any atom is 0.327 e. The molecular formula is C23H34N6O7. The van der Waals surface area contributed by atoms with Crippen LogP contribution in [0.2, 0.25) is 0 Å². The van der Waals surface area contributed by atoms with Crippen LogP contribution in [0.25, 0.3) is 0 Å². The molecule has 1 aromatic heterocycles. The highest BCUT2D eigenvalue weighted by molar-refractivity contribution is 5.97. The van der Waals surface area contributed by atoms with Crippen LogP contribution in [0.15, 0.2) is 35.3 Å². The van der Waals surface area contributed by atoms with E-state index in [9.17, 15) is 28.8 Å². The summed E-state index contributed by atoms with van der Waals surface area (Å²) in [5, 5.41) is 18.7. The van der Waals surface area contributed by atoms with Gasteiger partial charge in [-0.15, -0.1) is 0 Å². The molecule has 1 rings (SSSR count). The van der Waals surface area contributed by atoms with Crippen LogP contribution >= 0.6 is 0 Å². The molecule has 0 saturated heterocycles. The number of nitrogens with zero attached hydrogens (tertiary/aromatic N) is 1. The molecule has 0 radical (unpaired) electrons. The smallest absolute Gasteiger partial charge is 0.327 e. The molecule has 13 heteroatoms. The minimum Gasteiger partial charge on any atom is -0.478 e. The summed E-state index contributed by atoms with van der Waals surface area (Å²) in [4.78, 5) is 71.4. The predicted molar refractivity (Wildman–Crippen MR) is 132 cm³/mol. The molecule has 36 heavy (non-hydrogen) atoms. The summed E-state index contributed by atoms with van der Waals surface area (Å²) >= 11 is 0. The molecule has 1 unspecified atom stereocenters. The molecule has 0 saturated carbocycles. The molecule has 1 aromatic rings. The van der Waals surface area contributed by atoms with E-state index in [0.717, 1.165) is 17.1 Å². The van der Waals surface area contributed by atoms with Crippen molar-refractivity contribution in [1.82, 2.24) is 20.5 Å². The Morgan fingerprint density at radius 2 is 1.81 bits per heavy atom. The number of amides is 5. The fourth-order valence-corrected chi connectivity index (χ4v) is 2.97. The first kappa shape index (κ1) is 29.9. The lowest BCUT2D eigenvalue weighted by atomic mass is 10.1. The van der Waals surface area contributed by atoms with Gasteiger partial charge in [-0.1, -0.05) is 19.9 Å². The summed E-state index contributed by atoms with van der Waals surface area (Å²) in [6.45, 7) is 4.26. The molecule has 5 amide bonds. The number of carboxylic acid groups (broad SMARTS) is 1. The molecule has 0 spiro atoms. The number of primary amides is 1. The predicted octanol–water partition coefficient (Wildman–Crippen LogP) is -0.0867. The maximum absolute atomic E-state index is 12.9. The number of carboxylic acids is 1. The number of hydrogen-bond donors (Lipinski definition) is 6. The van der Waals surface area contributed by atoms with E-state index in [1.54, 1.807) is 0 Å². The molecule has 0 fully saturated rings. The lowest BCUT2D eigenvalue weighted by molar-refractivity contribution is -0.131. The Morgan fingerprint density at radius 1 is 1.08 bits per heavy atom. The van der Waals surface area contributed by atoms with E-state index < -0.39 is 35.4 Å². The fraction of sp³-hybridized carbons (Fsp3) is 0.478. The van der Waals surface area contributed by atoms with Crippen LogP contribution in [-0.2, 0) is 25.7 Å². The van der Waals surface area contributed by atoms with E-state index in [1.807, 2.05) is 13.8 Å². The second-order valence-corrected chi connectivity index (χ2v) is 8.36. The van der Waals surface area contributed by atoms with Crippen molar-refractivity contribution in [3.8, 4) is 0 Å². The molecular weight excluding hydrogens is 472 g/mol. The van der Waals surface area contributed by atoms with Crippen molar-refractivity contribution in [1.29, 1.82) is 0 Å². The zero-order valence-corrected chi connectivity index (χ0v) is 20.4. The monoisotopic (exact) mass is 506 g/mol. The Labute approximate surface area is 208 Å². The van der Waals surface area contributed by atoms with Gasteiger partial charge in [0.05, 0.1) is 0 Å². The molecule has 1 heterocycles. The fourth-order valence-electron chi connectivity index (χ4n) is 2.97. The van der Waals surface area contributed by atoms with Gasteiger partial charge in [-0.05, 0) is 37.3 Å². The van der Waals surface area contributed by atoms with Gasteiger partial charge in [-0.25, -0.2) is 9.59 Å². The van der Waals surface area contributed by atoms with Crippen molar-refractivity contribution in [2.75, 3.05) is 18.4 Å². The SMILES string of the molecule is CC(C)CCNC(=O)Cn1cccc(NC(=O)C(CCC=CC(=O)O)NC(=O)CCNC(N)=O)c1=O. The maximum atomic E-state index is 12.9. The molecule has 13 nitrogen and oxygen atoms in total. The van der Waals surface area contributed by atoms with Crippen LogP contribution in [0.4, 0.5) is 10.5 Å². The first-order chi connectivity index (χ1) is 17.0. The minimum atomic E-state index is -1.16. The highest BCUT2D eigenvalue weighted by Crippen LogP contribution is 2.06. The van der Waals surface area contributed by atoms with Crippen LogP contribution in [0.3, 0.4) is 0 Å². The van der Waals surface area contributed by atoms with Crippen LogP contribution in [0.1, 0.15) is 39.5 Å². The number of anilines is 1. The normalized spacial score (nSPS) is 11.6. The van der Waals surface area contributed by atoms with Crippen LogP contribution < -0.4 is 32.6 Å². The lowest BCUT2D eigenvalue weighted by Gasteiger charge is -2.18. The number of hydrogen-bond acceptors (Lipinski definition) is 6. The van der Waals surface area contributed by atoms with E-state index in [0.29, 0.717) is 12.5 Å². The largest absolute Gasteiger partial charge is 0.478 e. The first-order valence-electron chi connectivity index (χ1n) is 11.5. The van der Waals surface area contributed by atoms with E-state index in [-0.39, 0.29) is 43.9 Å². The number of pyridine rings is 1. The second kappa shape index (κ2) is 15.7. The van der Waals surface area contributed by atoms with E-state index in [4.69, 9.17) is 10.8 Å². The van der Waals surface area contributed by atoms with Gasteiger partial charge in [0.1, 0.15) is 18.3 Å². The summed E-state index contributed by atoms with van der Waals surface area (Å²) in [6, 6.07) is 0.964.